The van der Waals surface area contributed by atoms with Gasteiger partial charge < -0.3 is 11.5 Å². The van der Waals surface area contributed by atoms with Gasteiger partial charge in [0.05, 0.1) is 12.1 Å². The standard InChI is InChI=1S/C14H12Br2I2N2/c15-7-1-3-11(17)9(5-7)13(19)14(20)10-6-8(16)2-4-12(10)18/h1-6,13-14H,19-20H2. The molecule has 4 N–H and O–H groups in total. The quantitative estimate of drug-likeness (QED) is 0.468. The molecule has 2 aromatic carbocycles. The molecule has 2 rings (SSSR count). The second-order valence-corrected chi connectivity index (χ2v) is 8.54. The van der Waals surface area contributed by atoms with Crippen LogP contribution in [0.4, 0.5) is 0 Å². The molecule has 0 amide bonds. The van der Waals surface area contributed by atoms with E-state index in [0.717, 1.165) is 27.2 Å². The van der Waals surface area contributed by atoms with Crippen molar-refractivity contribution < 1.29 is 0 Å². The second kappa shape index (κ2) is 7.36. The number of hydrogen-bond acceptors (Lipinski definition) is 2. The first-order valence-electron chi connectivity index (χ1n) is 5.81. The smallest absolute Gasteiger partial charge is 0.0502 e. The Hall–Kier alpha value is 0.780. The van der Waals surface area contributed by atoms with Crippen LogP contribution in [0.15, 0.2) is 45.3 Å². The van der Waals surface area contributed by atoms with Crippen LogP contribution in [0, 0.1) is 7.14 Å². The van der Waals surface area contributed by atoms with Crippen LogP contribution in [-0.2, 0) is 0 Å². The summed E-state index contributed by atoms with van der Waals surface area (Å²) < 4.78 is 4.27. The third-order valence-electron chi connectivity index (χ3n) is 3.02. The molecule has 0 bridgehead atoms. The molecule has 2 aromatic rings. The lowest BCUT2D eigenvalue weighted by atomic mass is 9.95. The molecular formula is C14H12Br2I2N2. The summed E-state index contributed by atoms with van der Waals surface area (Å²) >= 11 is 11.6. The zero-order valence-electron chi connectivity index (χ0n) is 10.3. The van der Waals surface area contributed by atoms with Crippen LogP contribution in [-0.4, -0.2) is 0 Å². The van der Waals surface area contributed by atoms with E-state index < -0.39 is 0 Å². The molecule has 0 radical (unpaired) electrons. The molecule has 0 heterocycles. The van der Waals surface area contributed by atoms with Gasteiger partial charge in [-0.15, -0.1) is 0 Å². The summed E-state index contributed by atoms with van der Waals surface area (Å²) in [6.07, 6.45) is 0. The van der Waals surface area contributed by atoms with Crippen LogP contribution in [0.25, 0.3) is 0 Å². The molecule has 0 aliphatic rings. The Bertz CT molecular complexity index is 579. The van der Waals surface area contributed by atoms with Gasteiger partial charge in [0.15, 0.2) is 0 Å². The summed E-state index contributed by atoms with van der Waals surface area (Å²) in [6, 6.07) is 11.7. The van der Waals surface area contributed by atoms with Gasteiger partial charge in [-0.25, -0.2) is 0 Å². The number of halogens is 4. The van der Waals surface area contributed by atoms with Crippen molar-refractivity contribution in [1.29, 1.82) is 0 Å². The Morgan fingerprint density at radius 1 is 0.750 bits per heavy atom. The largest absolute Gasteiger partial charge is 0.322 e. The molecule has 106 valence electrons. The maximum atomic E-state index is 6.39. The second-order valence-electron chi connectivity index (χ2n) is 4.38. The van der Waals surface area contributed by atoms with E-state index in [1.165, 1.54) is 0 Å². The molecule has 20 heavy (non-hydrogen) atoms. The minimum Gasteiger partial charge on any atom is -0.322 e. The van der Waals surface area contributed by atoms with E-state index in [-0.39, 0.29) is 12.1 Å². The maximum absolute atomic E-state index is 6.39. The van der Waals surface area contributed by atoms with Crippen LogP contribution in [0.3, 0.4) is 0 Å². The first-order chi connectivity index (χ1) is 9.40. The van der Waals surface area contributed by atoms with Gasteiger partial charge in [-0.3, -0.25) is 0 Å². The van der Waals surface area contributed by atoms with Gasteiger partial charge >= 0.3 is 0 Å². The van der Waals surface area contributed by atoms with Crippen molar-refractivity contribution in [2.75, 3.05) is 0 Å². The highest BCUT2D eigenvalue weighted by Gasteiger charge is 2.21. The fraction of sp³-hybridized carbons (Fsp3) is 0.143. The molecular weight excluding hydrogens is 610 g/mol. The van der Waals surface area contributed by atoms with Gasteiger partial charge in [-0.2, -0.15) is 0 Å². The van der Waals surface area contributed by atoms with Crippen molar-refractivity contribution in [3.05, 3.63) is 63.6 Å². The Balaban J connectivity index is 2.39. The molecule has 0 saturated heterocycles. The van der Waals surface area contributed by atoms with Crippen molar-refractivity contribution in [3.8, 4) is 0 Å². The van der Waals surface area contributed by atoms with Crippen molar-refractivity contribution in [2.24, 2.45) is 11.5 Å². The van der Waals surface area contributed by atoms with Gasteiger partial charge in [0.25, 0.3) is 0 Å². The topological polar surface area (TPSA) is 52.0 Å². The molecule has 6 heteroatoms. The molecule has 0 aliphatic heterocycles. The molecule has 0 aromatic heterocycles. The number of hydrogen-bond donors (Lipinski definition) is 2. The van der Waals surface area contributed by atoms with Crippen LogP contribution in [0.2, 0.25) is 0 Å². The summed E-state index contributed by atoms with van der Waals surface area (Å²) in [5, 5.41) is 0. The number of benzene rings is 2. The van der Waals surface area contributed by atoms with Gasteiger partial charge in [0, 0.05) is 16.1 Å². The van der Waals surface area contributed by atoms with Crippen LogP contribution in [0.1, 0.15) is 23.2 Å². The lowest BCUT2D eigenvalue weighted by molar-refractivity contribution is 0.569. The van der Waals surface area contributed by atoms with Crippen molar-refractivity contribution in [1.82, 2.24) is 0 Å². The van der Waals surface area contributed by atoms with Crippen molar-refractivity contribution in [3.63, 3.8) is 0 Å². The minimum absolute atomic E-state index is 0.248. The van der Waals surface area contributed by atoms with E-state index in [9.17, 15) is 0 Å². The first-order valence-corrected chi connectivity index (χ1v) is 9.55. The molecule has 0 saturated carbocycles. The lowest BCUT2D eigenvalue weighted by Gasteiger charge is -2.23. The lowest BCUT2D eigenvalue weighted by Crippen LogP contribution is -2.27. The van der Waals surface area contributed by atoms with E-state index >= 15 is 0 Å². The molecule has 0 fully saturated rings. The SMILES string of the molecule is NC(c1cc(Br)ccc1I)C(N)c1cc(Br)ccc1I. The number of rotatable bonds is 3. The molecule has 2 nitrogen and oxygen atoms in total. The highest BCUT2D eigenvalue weighted by molar-refractivity contribution is 14.1. The Labute approximate surface area is 162 Å². The van der Waals surface area contributed by atoms with Crippen LogP contribution < -0.4 is 11.5 Å². The predicted molar refractivity (Wildman–Crippen MR) is 108 cm³/mol. The Kier molecular flexibility index (Phi) is 6.31. The Morgan fingerprint density at radius 3 is 1.45 bits per heavy atom. The van der Waals surface area contributed by atoms with E-state index in [4.69, 9.17) is 11.5 Å². The summed E-state index contributed by atoms with van der Waals surface area (Å²) in [5.41, 5.74) is 14.9. The van der Waals surface area contributed by atoms with Gasteiger partial charge in [-0.05, 0) is 92.7 Å². The summed E-state index contributed by atoms with van der Waals surface area (Å²) in [7, 11) is 0. The van der Waals surface area contributed by atoms with Gasteiger partial charge in [0.1, 0.15) is 0 Å². The minimum atomic E-state index is -0.248. The molecule has 0 spiro atoms. The van der Waals surface area contributed by atoms with E-state index in [1.807, 2.05) is 36.4 Å². The highest BCUT2D eigenvalue weighted by atomic mass is 127. The summed E-state index contributed by atoms with van der Waals surface area (Å²) in [6.45, 7) is 0. The van der Waals surface area contributed by atoms with Crippen molar-refractivity contribution >= 4 is 77.0 Å². The predicted octanol–water partition coefficient (Wildman–Crippen LogP) is 5.12. The molecule has 2 atom stereocenters. The van der Waals surface area contributed by atoms with Crippen LogP contribution >= 0.6 is 77.0 Å². The highest BCUT2D eigenvalue weighted by Crippen LogP contribution is 2.33. The van der Waals surface area contributed by atoms with E-state index in [1.54, 1.807) is 0 Å². The van der Waals surface area contributed by atoms with E-state index in [0.29, 0.717) is 0 Å². The summed E-state index contributed by atoms with van der Waals surface area (Å²) in [5.74, 6) is 0. The summed E-state index contributed by atoms with van der Waals surface area (Å²) in [4.78, 5) is 0. The average Bonchev–Trinajstić information content (AvgIpc) is 2.42. The number of nitrogens with two attached hydrogens (primary N) is 2. The monoisotopic (exact) mass is 620 g/mol. The zero-order chi connectivity index (χ0) is 14.9. The third kappa shape index (κ3) is 3.95. The van der Waals surface area contributed by atoms with Crippen molar-refractivity contribution in [2.45, 2.75) is 12.1 Å². The van der Waals surface area contributed by atoms with Crippen LogP contribution in [0.5, 0.6) is 0 Å². The Morgan fingerprint density at radius 2 is 1.10 bits per heavy atom. The van der Waals surface area contributed by atoms with Gasteiger partial charge in [0.2, 0.25) is 0 Å². The maximum Gasteiger partial charge on any atom is 0.0502 e. The average molecular weight is 622 g/mol. The van der Waals surface area contributed by atoms with Gasteiger partial charge in [-0.1, -0.05) is 31.9 Å². The fourth-order valence-corrected chi connectivity index (χ4v) is 4.07. The fourth-order valence-electron chi connectivity index (χ4n) is 1.93. The third-order valence-corrected chi connectivity index (χ3v) is 5.97. The first kappa shape index (κ1) is 17.1. The van der Waals surface area contributed by atoms with E-state index in [2.05, 4.69) is 77.0 Å². The normalized spacial score (nSPS) is 14.1. The zero-order valence-corrected chi connectivity index (χ0v) is 17.8. The molecule has 2 unspecified atom stereocenters. The molecule has 0 aliphatic carbocycles.